The van der Waals surface area contributed by atoms with E-state index in [9.17, 15) is 4.39 Å². The summed E-state index contributed by atoms with van der Waals surface area (Å²) in [6.45, 7) is 0. The molecule has 2 N–H and O–H groups in total. The summed E-state index contributed by atoms with van der Waals surface area (Å²) in [5.74, 6) is 1.75. The number of ether oxygens (including phenoxy) is 2. The lowest BCUT2D eigenvalue weighted by Crippen LogP contribution is -2.15. The van der Waals surface area contributed by atoms with Crippen molar-refractivity contribution < 1.29 is 13.9 Å². The number of nitrogen functional groups attached to an aromatic ring is 1. The lowest BCUT2D eigenvalue weighted by Gasteiger charge is -2.26. The summed E-state index contributed by atoms with van der Waals surface area (Å²) < 4.78 is 25.2. The predicted octanol–water partition coefficient (Wildman–Crippen LogP) is 4.66. The molecule has 4 rings (SSSR count). The van der Waals surface area contributed by atoms with Crippen molar-refractivity contribution in [3.05, 3.63) is 77.7 Å². The van der Waals surface area contributed by atoms with Crippen molar-refractivity contribution in [1.29, 1.82) is 0 Å². The number of rotatable bonds is 3. The normalized spacial score (nSPS) is 16.0. The van der Waals surface area contributed by atoms with Gasteiger partial charge >= 0.3 is 0 Å². The number of benzene rings is 2. The van der Waals surface area contributed by atoms with Crippen molar-refractivity contribution in [2.45, 2.75) is 18.9 Å². The summed E-state index contributed by atoms with van der Waals surface area (Å²) in [4.78, 5) is 4.13. The predicted molar refractivity (Wildman–Crippen MR) is 93.3 cm³/mol. The van der Waals surface area contributed by atoms with Crippen LogP contribution in [0.15, 0.2) is 60.8 Å². The first-order chi connectivity index (χ1) is 12.2. The highest BCUT2D eigenvalue weighted by Crippen LogP contribution is 2.37. The summed E-state index contributed by atoms with van der Waals surface area (Å²) in [6.07, 6.45) is 3.05. The second-order valence-corrected chi connectivity index (χ2v) is 6.00. The Kier molecular flexibility index (Phi) is 3.98. The molecule has 0 bridgehead atoms. The largest absolute Gasteiger partial charge is 0.485 e. The number of aromatic nitrogens is 1. The molecule has 0 saturated heterocycles. The van der Waals surface area contributed by atoms with Crippen LogP contribution in [-0.2, 0) is 6.42 Å². The third-order valence-corrected chi connectivity index (χ3v) is 4.18. The average Bonchev–Trinajstić information content (AvgIpc) is 2.63. The first-order valence-corrected chi connectivity index (χ1v) is 8.12. The molecule has 1 aromatic heterocycles. The summed E-state index contributed by atoms with van der Waals surface area (Å²) in [6, 6.07) is 15.7. The van der Waals surface area contributed by atoms with Crippen molar-refractivity contribution >= 4 is 5.69 Å². The molecule has 1 aliphatic rings. The molecule has 0 amide bonds. The van der Waals surface area contributed by atoms with Crippen molar-refractivity contribution in [2.24, 2.45) is 0 Å². The Balaban J connectivity index is 1.52. The van der Waals surface area contributed by atoms with Gasteiger partial charge in [-0.1, -0.05) is 12.1 Å². The van der Waals surface area contributed by atoms with Gasteiger partial charge in [-0.15, -0.1) is 0 Å². The number of nitrogens with zero attached hydrogens (tertiary/aromatic N) is 1. The van der Waals surface area contributed by atoms with Crippen LogP contribution in [-0.4, -0.2) is 4.98 Å². The Labute approximate surface area is 145 Å². The summed E-state index contributed by atoms with van der Waals surface area (Å²) >= 11 is 0. The zero-order valence-corrected chi connectivity index (χ0v) is 13.5. The van der Waals surface area contributed by atoms with Gasteiger partial charge in [0.15, 0.2) is 0 Å². The van der Waals surface area contributed by atoms with E-state index >= 15 is 0 Å². The highest BCUT2D eigenvalue weighted by Gasteiger charge is 2.22. The van der Waals surface area contributed by atoms with Crippen LogP contribution in [0.3, 0.4) is 0 Å². The van der Waals surface area contributed by atoms with Gasteiger partial charge in [0.25, 0.3) is 0 Å². The lowest BCUT2D eigenvalue weighted by atomic mass is 9.97. The van der Waals surface area contributed by atoms with E-state index in [-0.39, 0.29) is 11.9 Å². The molecule has 1 unspecified atom stereocenters. The standard InChI is InChI=1S/C20H17FN2O2/c21-15-3-1-2-13(10-15)18-7-4-14-11-17(6-8-19(14)25-18)24-20-9-5-16(22)12-23-20/h1-3,5-6,8-12,18H,4,7,22H2. The van der Waals surface area contributed by atoms with Crippen LogP contribution in [0, 0.1) is 5.82 Å². The molecule has 0 spiro atoms. The van der Waals surface area contributed by atoms with Gasteiger partial charge in [-0.3, -0.25) is 0 Å². The van der Waals surface area contributed by atoms with E-state index in [0.29, 0.717) is 17.3 Å². The average molecular weight is 336 g/mol. The van der Waals surface area contributed by atoms with Gasteiger partial charge in [-0.2, -0.15) is 0 Å². The van der Waals surface area contributed by atoms with Crippen LogP contribution >= 0.6 is 0 Å². The number of pyridine rings is 1. The first kappa shape index (κ1) is 15.4. The molecule has 3 aromatic rings. The first-order valence-electron chi connectivity index (χ1n) is 8.12. The number of halogens is 1. The van der Waals surface area contributed by atoms with E-state index in [2.05, 4.69) is 4.98 Å². The van der Waals surface area contributed by atoms with Gasteiger partial charge in [0, 0.05) is 6.07 Å². The van der Waals surface area contributed by atoms with Crippen LogP contribution in [0.25, 0.3) is 0 Å². The fourth-order valence-corrected chi connectivity index (χ4v) is 2.94. The third kappa shape index (κ3) is 3.40. The van der Waals surface area contributed by atoms with E-state index in [1.807, 2.05) is 24.3 Å². The molecule has 5 heteroatoms. The molecule has 2 heterocycles. The Morgan fingerprint density at radius 3 is 2.84 bits per heavy atom. The molecular formula is C20H17FN2O2. The second-order valence-electron chi connectivity index (χ2n) is 6.00. The van der Waals surface area contributed by atoms with Crippen LogP contribution in [0.1, 0.15) is 23.7 Å². The maximum atomic E-state index is 13.4. The molecule has 2 aromatic carbocycles. The van der Waals surface area contributed by atoms with Crippen LogP contribution < -0.4 is 15.2 Å². The van der Waals surface area contributed by atoms with Crippen molar-refractivity contribution in [3.63, 3.8) is 0 Å². The van der Waals surface area contributed by atoms with E-state index in [1.54, 1.807) is 24.4 Å². The molecule has 4 nitrogen and oxygen atoms in total. The zero-order valence-electron chi connectivity index (χ0n) is 13.5. The van der Waals surface area contributed by atoms with Gasteiger partial charge in [-0.25, -0.2) is 9.37 Å². The SMILES string of the molecule is Nc1ccc(Oc2ccc3c(c2)CCC(c2cccc(F)c2)O3)nc1. The summed E-state index contributed by atoms with van der Waals surface area (Å²) in [7, 11) is 0. The number of fused-ring (bicyclic) bond motifs is 1. The maximum Gasteiger partial charge on any atom is 0.219 e. The maximum absolute atomic E-state index is 13.4. The molecule has 0 fully saturated rings. The van der Waals surface area contributed by atoms with Crippen LogP contribution in [0.5, 0.6) is 17.4 Å². The summed E-state index contributed by atoms with van der Waals surface area (Å²) in [5, 5.41) is 0. The minimum Gasteiger partial charge on any atom is -0.485 e. The Morgan fingerprint density at radius 1 is 1.12 bits per heavy atom. The van der Waals surface area contributed by atoms with Crippen LogP contribution in [0.2, 0.25) is 0 Å². The molecule has 0 radical (unpaired) electrons. The minimum absolute atomic E-state index is 0.131. The molecule has 126 valence electrons. The van der Waals surface area contributed by atoms with Gasteiger partial charge < -0.3 is 15.2 Å². The lowest BCUT2D eigenvalue weighted by molar-refractivity contribution is 0.176. The van der Waals surface area contributed by atoms with Gasteiger partial charge in [-0.05, 0) is 60.4 Å². The van der Waals surface area contributed by atoms with E-state index in [0.717, 1.165) is 29.7 Å². The third-order valence-electron chi connectivity index (χ3n) is 4.18. The van der Waals surface area contributed by atoms with Gasteiger partial charge in [0.05, 0.1) is 11.9 Å². The van der Waals surface area contributed by atoms with Crippen molar-refractivity contribution in [1.82, 2.24) is 4.98 Å². The molecule has 1 aliphatic heterocycles. The fraction of sp³-hybridized carbons (Fsp3) is 0.150. The van der Waals surface area contributed by atoms with Gasteiger partial charge in [0.2, 0.25) is 5.88 Å². The molecule has 25 heavy (non-hydrogen) atoms. The monoisotopic (exact) mass is 336 g/mol. The number of hydrogen-bond donors (Lipinski definition) is 1. The molecule has 0 saturated carbocycles. The van der Waals surface area contributed by atoms with Gasteiger partial charge in [0.1, 0.15) is 23.4 Å². The molecular weight excluding hydrogens is 319 g/mol. The minimum atomic E-state index is -0.244. The zero-order chi connectivity index (χ0) is 17.2. The highest BCUT2D eigenvalue weighted by molar-refractivity contribution is 5.44. The highest BCUT2D eigenvalue weighted by atomic mass is 19.1. The molecule has 1 atom stereocenters. The quantitative estimate of drug-likeness (QED) is 0.755. The molecule has 0 aliphatic carbocycles. The topological polar surface area (TPSA) is 57.4 Å². The Morgan fingerprint density at radius 2 is 2.04 bits per heavy atom. The Bertz CT molecular complexity index is 896. The van der Waals surface area contributed by atoms with E-state index in [1.165, 1.54) is 12.1 Å². The van der Waals surface area contributed by atoms with Crippen molar-refractivity contribution in [3.8, 4) is 17.4 Å². The fourth-order valence-electron chi connectivity index (χ4n) is 2.94. The number of hydrogen-bond acceptors (Lipinski definition) is 4. The van der Waals surface area contributed by atoms with Crippen LogP contribution in [0.4, 0.5) is 10.1 Å². The number of aryl methyl sites for hydroxylation is 1. The second kappa shape index (κ2) is 6.43. The van der Waals surface area contributed by atoms with E-state index < -0.39 is 0 Å². The smallest absolute Gasteiger partial charge is 0.219 e. The Hall–Kier alpha value is -3.08. The summed E-state index contributed by atoms with van der Waals surface area (Å²) in [5.41, 5.74) is 8.14. The number of anilines is 1. The number of nitrogens with two attached hydrogens (primary N) is 1. The van der Waals surface area contributed by atoms with Crippen molar-refractivity contribution in [2.75, 3.05) is 5.73 Å². The van der Waals surface area contributed by atoms with E-state index in [4.69, 9.17) is 15.2 Å².